The topological polar surface area (TPSA) is 166 Å². The Morgan fingerprint density at radius 2 is 1.76 bits per heavy atom. The van der Waals surface area contributed by atoms with Gasteiger partial charge in [0.15, 0.2) is 28.8 Å². The minimum atomic E-state index is -2.04. The number of Topliss-reactive ketones (excluding diaryl/α,β-unsaturated/α-hetero) is 2. The van der Waals surface area contributed by atoms with Gasteiger partial charge in [-0.15, -0.1) is 0 Å². The van der Waals surface area contributed by atoms with Crippen LogP contribution in [0.3, 0.4) is 0 Å². The van der Waals surface area contributed by atoms with E-state index in [4.69, 9.17) is 35.3 Å². The summed E-state index contributed by atoms with van der Waals surface area (Å²) in [5.41, 5.74) is 0.0798. The van der Waals surface area contributed by atoms with Gasteiger partial charge in [-0.25, -0.2) is 0 Å². The Kier molecular flexibility index (Phi) is 9.32. The highest BCUT2D eigenvalue weighted by molar-refractivity contribution is 6.35. The number of aromatic nitrogens is 1. The summed E-state index contributed by atoms with van der Waals surface area (Å²) >= 11 is 6.60. The Morgan fingerprint density at radius 1 is 1.02 bits per heavy atom. The molecule has 262 valence electrons. The molecule has 2 heterocycles. The van der Waals surface area contributed by atoms with E-state index in [0.29, 0.717) is 17.7 Å². The van der Waals surface area contributed by atoms with Gasteiger partial charge in [0, 0.05) is 60.0 Å². The van der Waals surface area contributed by atoms with Gasteiger partial charge in [0.1, 0.15) is 27.8 Å². The van der Waals surface area contributed by atoms with E-state index < -0.39 is 40.7 Å². The van der Waals surface area contributed by atoms with Crippen molar-refractivity contribution in [2.24, 2.45) is 5.92 Å². The number of aromatic amines is 1. The molecule has 1 amide bonds. The van der Waals surface area contributed by atoms with E-state index in [9.17, 15) is 24.6 Å². The standard InChI is InChI=1S/C37H37ClN2O10/c1-18-12-26(42)31(35(44)37(18)36(45)32-28(48-4)16-29(49-5)33(38)34(32)50-37)23(19-6-9-25(41)27(13-19)47-3)15-30(43)39-11-10-20-17-40-24-8-7-21(46-2)14-22(20)24/h6-9,13-14,16-18,23,40-41,44H,10-12,15H2,1-5H3,(H,39,43). The molecule has 3 atom stereocenters. The van der Waals surface area contributed by atoms with Crippen LogP contribution in [-0.2, 0) is 16.0 Å². The van der Waals surface area contributed by atoms with E-state index in [1.165, 1.54) is 45.6 Å². The normalized spacial score (nSPS) is 19.0. The average molecular weight is 705 g/mol. The lowest BCUT2D eigenvalue weighted by atomic mass is 9.69. The van der Waals surface area contributed by atoms with Crippen molar-refractivity contribution in [3.63, 3.8) is 0 Å². The monoisotopic (exact) mass is 704 g/mol. The van der Waals surface area contributed by atoms with Crippen LogP contribution in [0.1, 0.15) is 47.2 Å². The second kappa shape index (κ2) is 13.5. The number of phenols is 1. The summed E-state index contributed by atoms with van der Waals surface area (Å²) in [6.07, 6.45) is 1.90. The number of ether oxygens (including phenoxy) is 5. The first-order chi connectivity index (χ1) is 24.0. The van der Waals surface area contributed by atoms with E-state index in [0.717, 1.165) is 16.5 Å². The molecule has 12 nitrogen and oxygen atoms in total. The van der Waals surface area contributed by atoms with Crippen LogP contribution in [-0.4, -0.2) is 73.3 Å². The van der Waals surface area contributed by atoms with E-state index >= 15 is 0 Å². The molecular weight excluding hydrogens is 668 g/mol. The van der Waals surface area contributed by atoms with Gasteiger partial charge in [-0.1, -0.05) is 24.6 Å². The summed E-state index contributed by atoms with van der Waals surface area (Å²) < 4.78 is 27.8. The lowest BCUT2D eigenvalue weighted by Gasteiger charge is -2.38. The Morgan fingerprint density at radius 3 is 2.46 bits per heavy atom. The third kappa shape index (κ3) is 5.63. The number of carbonyl (C=O) groups excluding carboxylic acids is 3. The van der Waals surface area contributed by atoms with Gasteiger partial charge in [0.25, 0.3) is 0 Å². The third-order valence-electron chi connectivity index (χ3n) is 9.55. The quantitative estimate of drug-likeness (QED) is 0.149. The fraction of sp³-hybridized carbons (Fsp3) is 0.324. The second-order valence-corrected chi connectivity index (χ2v) is 12.6. The molecule has 3 aromatic carbocycles. The number of aliphatic hydroxyl groups excluding tert-OH is 1. The summed E-state index contributed by atoms with van der Waals surface area (Å²) in [5, 5.41) is 26.4. The summed E-state index contributed by atoms with van der Waals surface area (Å²) in [7, 11) is 5.74. The van der Waals surface area contributed by atoms with Gasteiger partial charge in [-0.05, 0) is 47.9 Å². The fourth-order valence-corrected chi connectivity index (χ4v) is 7.19. The van der Waals surface area contributed by atoms with Crippen LogP contribution in [0, 0.1) is 5.92 Å². The number of phenolic OH excluding ortho intramolecular Hbond substituents is 1. The van der Waals surface area contributed by atoms with Crippen molar-refractivity contribution in [1.29, 1.82) is 0 Å². The van der Waals surface area contributed by atoms with E-state index in [1.807, 2.05) is 24.4 Å². The molecule has 2 aliphatic rings. The molecule has 4 aromatic rings. The molecule has 6 rings (SSSR count). The summed E-state index contributed by atoms with van der Waals surface area (Å²) in [5.74, 6) is -3.15. The zero-order chi connectivity index (χ0) is 35.9. The maximum atomic E-state index is 14.3. The van der Waals surface area contributed by atoms with Crippen LogP contribution in [0.5, 0.6) is 34.5 Å². The average Bonchev–Trinajstić information content (AvgIpc) is 3.66. The minimum Gasteiger partial charge on any atom is -0.507 e. The molecule has 0 saturated carbocycles. The lowest BCUT2D eigenvalue weighted by Crippen LogP contribution is -2.53. The number of aliphatic hydroxyl groups is 1. The number of benzene rings is 3. The molecule has 50 heavy (non-hydrogen) atoms. The first-order valence-corrected chi connectivity index (χ1v) is 16.3. The van der Waals surface area contributed by atoms with Gasteiger partial charge in [0.2, 0.25) is 17.3 Å². The lowest BCUT2D eigenvalue weighted by molar-refractivity contribution is -0.121. The first kappa shape index (κ1) is 34.5. The van der Waals surface area contributed by atoms with Crippen molar-refractivity contribution in [2.45, 2.75) is 37.7 Å². The molecule has 0 fully saturated rings. The number of methoxy groups -OCH3 is 4. The van der Waals surface area contributed by atoms with Crippen molar-refractivity contribution in [3.8, 4) is 34.5 Å². The van der Waals surface area contributed by atoms with Gasteiger partial charge >= 0.3 is 0 Å². The van der Waals surface area contributed by atoms with Crippen molar-refractivity contribution in [2.75, 3.05) is 35.0 Å². The highest BCUT2D eigenvalue weighted by Crippen LogP contribution is 2.56. The Balaban J connectivity index is 1.37. The molecule has 1 aromatic heterocycles. The number of carbonyl (C=O) groups is 3. The Labute approximate surface area is 292 Å². The van der Waals surface area contributed by atoms with Gasteiger partial charge in [0.05, 0.1) is 28.4 Å². The molecular formula is C37H37ClN2O10. The van der Waals surface area contributed by atoms with E-state index in [2.05, 4.69) is 10.3 Å². The van der Waals surface area contributed by atoms with Gasteiger partial charge < -0.3 is 44.2 Å². The summed E-state index contributed by atoms with van der Waals surface area (Å²) in [6, 6.07) is 11.5. The number of nitrogens with one attached hydrogen (secondary N) is 2. The van der Waals surface area contributed by atoms with Crippen molar-refractivity contribution in [1.82, 2.24) is 10.3 Å². The molecule has 1 aliphatic carbocycles. The zero-order valence-electron chi connectivity index (χ0n) is 28.1. The zero-order valence-corrected chi connectivity index (χ0v) is 28.9. The van der Waals surface area contributed by atoms with Crippen LogP contribution in [0.4, 0.5) is 0 Å². The van der Waals surface area contributed by atoms with E-state index in [-0.39, 0.29) is 64.3 Å². The molecule has 4 N–H and O–H groups in total. The molecule has 0 radical (unpaired) electrons. The molecule has 13 heteroatoms. The van der Waals surface area contributed by atoms with Crippen molar-refractivity contribution < 1.29 is 48.3 Å². The maximum absolute atomic E-state index is 14.3. The third-order valence-corrected chi connectivity index (χ3v) is 9.90. The Bertz CT molecular complexity index is 2050. The number of hydrogen-bond acceptors (Lipinski definition) is 10. The molecule has 1 spiro atoms. The molecule has 0 bridgehead atoms. The summed E-state index contributed by atoms with van der Waals surface area (Å²) in [6.45, 7) is 1.89. The highest BCUT2D eigenvalue weighted by atomic mass is 35.5. The number of halogens is 1. The first-order valence-electron chi connectivity index (χ1n) is 15.9. The molecule has 3 unspecified atom stereocenters. The number of hydrogen-bond donors (Lipinski definition) is 4. The predicted octanol–water partition coefficient (Wildman–Crippen LogP) is 5.83. The molecule has 1 aliphatic heterocycles. The van der Waals surface area contributed by atoms with Crippen LogP contribution in [0.15, 0.2) is 60.0 Å². The van der Waals surface area contributed by atoms with E-state index in [1.54, 1.807) is 14.0 Å². The van der Waals surface area contributed by atoms with Crippen LogP contribution in [0.2, 0.25) is 5.02 Å². The number of H-pyrrole nitrogens is 1. The van der Waals surface area contributed by atoms with Crippen LogP contribution in [0.25, 0.3) is 10.9 Å². The molecule has 0 saturated heterocycles. The number of fused-ring (bicyclic) bond motifs is 2. The fourth-order valence-electron chi connectivity index (χ4n) is 6.92. The Hall–Kier alpha value is -5.36. The maximum Gasteiger partial charge on any atom is 0.231 e. The number of ketones is 2. The predicted molar refractivity (Wildman–Crippen MR) is 184 cm³/mol. The summed E-state index contributed by atoms with van der Waals surface area (Å²) in [4.78, 5) is 45.1. The number of rotatable bonds is 11. The smallest absolute Gasteiger partial charge is 0.231 e. The van der Waals surface area contributed by atoms with Crippen molar-refractivity contribution >= 4 is 40.0 Å². The number of amides is 1. The second-order valence-electron chi connectivity index (χ2n) is 12.3. The van der Waals surface area contributed by atoms with Crippen LogP contribution < -0.4 is 29.0 Å². The number of allylic oxidation sites excluding steroid dienone is 1. The van der Waals surface area contributed by atoms with Gasteiger partial charge in [-0.2, -0.15) is 0 Å². The minimum absolute atomic E-state index is 0.000168. The number of aromatic hydroxyl groups is 1. The SMILES string of the molecule is COc1ccc2[nH]cc(CCNC(=O)CC(C3=C(O)C4(Oc5c(Cl)c(OC)cc(OC)c5C4=O)C(C)CC3=O)c3ccc(O)c(OC)c3)c2c1. The van der Waals surface area contributed by atoms with Gasteiger partial charge in [-0.3, -0.25) is 14.4 Å². The van der Waals surface area contributed by atoms with Crippen LogP contribution >= 0.6 is 11.6 Å². The van der Waals surface area contributed by atoms with Crippen molar-refractivity contribution in [3.05, 3.63) is 81.7 Å². The largest absolute Gasteiger partial charge is 0.507 e. The highest BCUT2D eigenvalue weighted by Gasteiger charge is 2.61.